The third-order valence-corrected chi connectivity index (χ3v) is 3.78. The monoisotopic (exact) mass is 284 g/mol. The van der Waals surface area contributed by atoms with Gasteiger partial charge < -0.3 is 14.9 Å². The van der Waals surface area contributed by atoms with E-state index in [4.69, 9.17) is 9.57 Å². The highest BCUT2D eigenvalue weighted by Gasteiger charge is 2.52. The van der Waals surface area contributed by atoms with Crippen molar-refractivity contribution in [3.05, 3.63) is 0 Å². The van der Waals surface area contributed by atoms with Crippen LogP contribution in [0.1, 0.15) is 47.5 Å². The summed E-state index contributed by atoms with van der Waals surface area (Å²) in [7, 11) is 0. The number of esters is 1. The maximum atomic E-state index is 12.2. The molecule has 0 saturated heterocycles. The molecule has 3 atom stereocenters. The normalized spacial score (nSPS) is 25.1. The Labute approximate surface area is 119 Å². The van der Waals surface area contributed by atoms with Gasteiger partial charge in [0, 0.05) is 11.8 Å². The van der Waals surface area contributed by atoms with Crippen LogP contribution in [0.4, 0.5) is 0 Å². The van der Waals surface area contributed by atoms with Gasteiger partial charge in [-0.15, -0.1) is 0 Å². The number of oxime groups is 1. The van der Waals surface area contributed by atoms with Gasteiger partial charge in [0.1, 0.15) is 5.71 Å². The molecule has 0 bridgehead atoms. The van der Waals surface area contributed by atoms with Crippen LogP contribution in [0.5, 0.6) is 0 Å². The Hall–Kier alpha value is -1.59. The van der Waals surface area contributed by atoms with E-state index >= 15 is 0 Å². The first-order chi connectivity index (χ1) is 9.42. The average Bonchev–Trinajstić information content (AvgIpc) is 2.45. The second kappa shape index (κ2) is 6.72. The lowest BCUT2D eigenvalue weighted by molar-refractivity contribution is -0.191. The first-order valence-corrected chi connectivity index (χ1v) is 7.18. The fraction of sp³-hybridized carbons (Fsp3) is 0.786. The molecule has 1 aliphatic heterocycles. The third-order valence-electron chi connectivity index (χ3n) is 3.78. The minimum Gasteiger partial charge on any atom is -0.461 e. The molecule has 0 aromatic heterocycles. The minimum absolute atomic E-state index is 0.0212. The van der Waals surface area contributed by atoms with Gasteiger partial charge in [-0.25, -0.2) is 4.79 Å². The lowest BCUT2D eigenvalue weighted by Crippen LogP contribution is -2.64. The van der Waals surface area contributed by atoms with Gasteiger partial charge in [-0.3, -0.25) is 4.79 Å². The van der Waals surface area contributed by atoms with Crippen molar-refractivity contribution in [2.45, 2.75) is 53.2 Å². The van der Waals surface area contributed by atoms with E-state index in [0.717, 1.165) is 6.42 Å². The summed E-state index contributed by atoms with van der Waals surface area (Å²) >= 11 is 0. The van der Waals surface area contributed by atoms with E-state index in [0.29, 0.717) is 12.1 Å². The van der Waals surface area contributed by atoms with Crippen LogP contribution in [0.15, 0.2) is 5.16 Å². The number of nitrogens with zero attached hydrogens (tertiary/aromatic N) is 1. The molecule has 6 nitrogen and oxygen atoms in total. The lowest BCUT2D eigenvalue weighted by atomic mass is 9.92. The molecule has 0 spiro atoms. The zero-order valence-electron chi connectivity index (χ0n) is 12.9. The molecule has 20 heavy (non-hydrogen) atoms. The van der Waals surface area contributed by atoms with Crippen molar-refractivity contribution >= 4 is 17.6 Å². The molecule has 0 saturated carbocycles. The van der Waals surface area contributed by atoms with Crippen LogP contribution in [0.2, 0.25) is 0 Å². The predicted molar refractivity (Wildman–Crippen MR) is 74.9 cm³/mol. The Kier molecular flexibility index (Phi) is 5.53. The van der Waals surface area contributed by atoms with Gasteiger partial charge in [-0.05, 0) is 19.8 Å². The van der Waals surface area contributed by atoms with E-state index in [1.165, 1.54) is 0 Å². The molecule has 1 amide bonds. The summed E-state index contributed by atoms with van der Waals surface area (Å²) < 4.78 is 5.03. The summed E-state index contributed by atoms with van der Waals surface area (Å²) in [5, 5.41) is 6.57. The summed E-state index contributed by atoms with van der Waals surface area (Å²) in [4.78, 5) is 29.8. The van der Waals surface area contributed by atoms with Crippen LogP contribution >= 0.6 is 0 Å². The van der Waals surface area contributed by atoms with Gasteiger partial charge in [0.2, 0.25) is 0 Å². The first kappa shape index (κ1) is 16.5. The van der Waals surface area contributed by atoms with Gasteiger partial charge >= 0.3 is 11.7 Å². The number of hydrogen-bond acceptors (Lipinski definition) is 5. The van der Waals surface area contributed by atoms with E-state index in [1.54, 1.807) is 6.92 Å². The second-order valence-corrected chi connectivity index (χ2v) is 5.10. The van der Waals surface area contributed by atoms with Crippen molar-refractivity contribution < 1.29 is 19.2 Å². The summed E-state index contributed by atoms with van der Waals surface area (Å²) in [6.45, 7) is 9.51. The molecule has 1 heterocycles. The van der Waals surface area contributed by atoms with Crippen molar-refractivity contribution in [3.63, 3.8) is 0 Å². The van der Waals surface area contributed by atoms with Crippen LogP contribution in [0, 0.1) is 11.8 Å². The zero-order valence-corrected chi connectivity index (χ0v) is 12.9. The Bertz CT molecular complexity index is 408. The van der Waals surface area contributed by atoms with Crippen LogP contribution in [0.25, 0.3) is 0 Å². The Morgan fingerprint density at radius 2 is 2.00 bits per heavy atom. The Balaban J connectivity index is 3.09. The number of rotatable bonds is 6. The van der Waals surface area contributed by atoms with Gasteiger partial charge in [-0.1, -0.05) is 32.9 Å². The van der Waals surface area contributed by atoms with E-state index < -0.39 is 11.7 Å². The number of nitrogens with one attached hydrogen (secondary N) is 1. The minimum atomic E-state index is -1.52. The highest BCUT2D eigenvalue weighted by Crippen LogP contribution is 2.28. The standard InChI is InChI=1S/C14H24N2O4/c1-6-9(4)11-12(17)15-14(20-16-11,10(5)7-2)13(18)19-8-3/h9-10H,6-8H2,1-5H3,(H,15,17)/t9-,10-,14+/m0/s1. The molecule has 0 aromatic carbocycles. The molecule has 0 aliphatic carbocycles. The van der Waals surface area contributed by atoms with E-state index in [9.17, 15) is 9.59 Å². The zero-order chi connectivity index (χ0) is 15.3. The number of hydrogen-bond donors (Lipinski definition) is 1. The molecule has 0 unspecified atom stereocenters. The number of carbonyl (C=O) groups is 2. The molecule has 1 N–H and O–H groups in total. The number of amides is 1. The number of carbonyl (C=O) groups excluding carboxylic acids is 2. The topological polar surface area (TPSA) is 77.0 Å². The molecule has 0 aromatic rings. The van der Waals surface area contributed by atoms with E-state index in [1.807, 2.05) is 27.7 Å². The van der Waals surface area contributed by atoms with Crippen LogP contribution in [0.3, 0.4) is 0 Å². The average molecular weight is 284 g/mol. The molecule has 0 fully saturated rings. The summed E-state index contributed by atoms with van der Waals surface area (Å²) in [6, 6.07) is 0. The molecule has 0 radical (unpaired) electrons. The molecular weight excluding hydrogens is 260 g/mol. The quantitative estimate of drug-likeness (QED) is 0.755. The maximum Gasteiger partial charge on any atom is 0.375 e. The smallest absolute Gasteiger partial charge is 0.375 e. The molecule has 1 rings (SSSR count). The summed E-state index contributed by atoms with van der Waals surface area (Å²) in [5.74, 6) is -1.23. The van der Waals surface area contributed by atoms with Gasteiger partial charge in [0.25, 0.3) is 5.91 Å². The molecule has 114 valence electrons. The number of ether oxygens (including phenoxy) is 1. The lowest BCUT2D eigenvalue weighted by Gasteiger charge is -2.37. The Morgan fingerprint density at radius 3 is 2.45 bits per heavy atom. The SMILES string of the molecule is CCOC(=O)[C@]1([C@@H](C)CC)NC(=O)C([C@@H](C)CC)=NO1. The fourth-order valence-electron chi connectivity index (χ4n) is 1.95. The first-order valence-electron chi connectivity index (χ1n) is 7.18. The van der Waals surface area contributed by atoms with Gasteiger partial charge in [-0.2, -0.15) is 0 Å². The summed E-state index contributed by atoms with van der Waals surface area (Å²) in [6.07, 6.45) is 1.42. The van der Waals surface area contributed by atoms with Gasteiger partial charge in [0.15, 0.2) is 0 Å². The van der Waals surface area contributed by atoms with Crippen LogP contribution in [-0.2, 0) is 19.2 Å². The Morgan fingerprint density at radius 1 is 1.35 bits per heavy atom. The summed E-state index contributed by atoms with van der Waals surface area (Å²) in [5.41, 5.74) is -1.20. The highest BCUT2D eigenvalue weighted by molar-refractivity contribution is 6.40. The van der Waals surface area contributed by atoms with E-state index in [-0.39, 0.29) is 24.3 Å². The second-order valence-electron chi connectivity index (χ2n) is 5.10. The van der Waals surface area contributed by atoms with Crippen LogP contribution < -0.4 is 5.32 Å². The molecule has 6 heteroatoms. The van der Waals surface area contributed by atoms with Crippen molar-refractivity contribution in [2.75, 3.05) is 6.61 Å². The molecule has 1 aliphatic rings. The predicted octanol–water partition coefficient (Wildman–Crippen LogP) is 1.84. The van der Waals surface area contributed by atoms with Crippen LogP contribution in [-0.4, -0.2) is 29.9 Å². The highest BCUT2D eigenvalue weighted by atomic mass is 16.7. The largest absolute Gasteiger partial charge is 0.461 e. The maximum absolute atomic E-state index is 12.2. The van der Waals surface area contributed by atoms with Crippen molar-refractivity contribution in [1.29, 1.82) is 0 Å². The van der Waals surface area contributed by atoms with Crippen molar-refractivity contribution in [1.82, 2.24) is 5.32 Å². The van der Waals surface area contributed by atoms with E-state index in [2.05, 4.69) is 10.5 Å². The third kappa shape index (κ3) is 2.94. The van der Waals surface area contributed by atoms with Crippen molar-refractivity contribution in [3.8, 4) is 0 Å². The van der Waals surface area contributed by atoms with Gasteiger partial charge in [0.05, 0.1) is 6.61 Å². The fourth-order valence-corrected chi connectivity index (χ4v) is 1.95. The van der Waals surface area contributed by atoms with Crippen molar-refractivity contribution in [2.24, 2.45) is 17.0 Å². The molecular formula is C14H24N2O4.